The normalized spacial score (nSPS) is 13.2. The smallest absolute Gasteiger partial charge is 0.0737 e. The number of aromatic amines is 2. The van der Waals surface area contributed by atoms with E-state index in [9.17, 15) is 0 Å². The third kappa shape index (κ3) is 7.78. The van der Waals surface area contributed by atoms with Gasteiger partial charge in [-0.15, -0.1) is 0 Å². The first-order valence-electron chi connectivity index (χ1n) is 22.8. The molecule has 4 aromatic carbocycles. The van der Waals surface area contributed by atoms with E-state index in [4.69, 9.17) is 9.97 Å². The number of fused-ring (bicyclic) bond motifs is 8. The van der Waals surface area contributed by atoms with Gasteiger partial charge in [-0.2, -0.15) is 0 Å². The lowest BCUT2D eigenvalue weighted by Crippen LogP contribution is -2.13. The summed E-state index contributed by atoms with van der Waals surface area (Å²) in [4.78, 5) is 19.4. The molecule has 2 N–H and O–H groups in total. The van der Waals surface area contributed by atoms with E-state index in [0.717, 1.165) is 89.4 Å². The Kier molecular flexibility index (Phi) is 10.4. The van der Waals surface area contributed by atoms with Gasteiger partial charge in [0.05, 0.1) is 22.8 Å². The highest BCUT2D eigenvalue weighted by Crippen LogP contribution is 2.44. The standard InChI is InChI=1S/C60H62N4/c1-57(2,3)41-25-17-13-21-37(41)53-45-29-31-47(61-45)54(38-22-14-18-26-42(38)58(4,5)6)49-33-35-51(63-49)56(40-24-16-20-28-44(40)60(10,11)12)52-36-34-50(64-52)55(48-32-30-46(53)62-48)39-23-15-19-27-43(39)59(7,8)9/h13-36,61,64H,1-12H3. The van der Waals surface area contributed by atoms with Crippen LogP contribution in [0.25, 0.3) is 90.9 Å². The van der Waals surface area contributed by atoms with Gasteiger partial charge in [-0.05, 0) is 115 Å². The molecule has 64 heavy (non-hydrogen) atoms. The van der Waals surface area contributed by atoms with Crippen LogP contribution < -0.4 is 0 Å². The molecule has 2 aliphatic heterocycles. The number of hydrogen-bond donors (Lipinski definition) is 2. The van der Waals surface area contributed by atoms with E-state index in [0.29, 0.717) is 0 Å². The summed E-state index contributed by atoms with van der Waals surface area (Å²) in [7, 11) is 0. The fourth-order valence-corrected chi connectivity index (χ4v) is 9.76. The minimum Gasteiger partial charge on any atom is -0.354 e. The summed E-state index contributed by atoms with van der Waals surface area (Å²) in [6, 6.07) is 44.3. The molecular formula is C60H62N4. The van der Waals surface area contributed by atoms with Crippen molar-refractivity contribution in [3.05, 3.63) is 166 Å². The van der Waals surface area contributed by atoms with Crippen molar-refractivity contribution in [1.29, 1.82) is 0 Å². The van der Waals surface area contributed by atoms with E-state index < -0.39 is 0 Å². The summed E-state index contributed by atoms with van der Waals surface area (Å²) in [5.74, 6) is 0. The summed E-state index contributed by atoms with van der Waals surface area (Å²) < 4.78 is 0. The Morgan fingerprint density at radius 3 is 0.688 bits per heavy atom. The number of hydrogen-bond acceptors (Lipinski definition) is 2. The van der Waals surface area contributed by atoms with Gasteiger partial charge in [0.1, 0.15) is 0 Å². The number of nitrogens with zero attached hydrogens (tertiary/aromatic N) is 2. The minimum atomic E-state index is -0.119. The number of H-pyrrole nitrogens is 2. The molecule has 5 heterocycles. The molecule has 322 valence electrons. The molecule has 0 unspecified atom stereocenters. The van der Waals surface area contributed by atoms with Crippen molar-refractivity contribution in [1.82, 2.24) is 19.9 Å². The average molecular weight is 839 g/mol. The third-order valence-corrected chi connectivity index (χ3v) is 12.8. The summed E-state index contributed by atoms with van der Waals surface area (Å²) in [6.45, 7) is 27.5. The predicted octanol–water partition coefficient (Wildman–Crippen LogP) is 16.5. The second-order valence-corrected chi connectivity index (χ2v) is 21.7. The lowest BCUT2D eigenvalue weighted by molar-refractivity contribution is 0.591. The van der Waals surface area contributed by atoms with Crippen molar-refractivity contribution in [2.75, 3.05) is 0 Å². The molecule has 0 amide bonds. The third-order valence-electron chi connectivity index (χ3n) is 12.8. The van der Waals surface area contributed by atoms with Crippen LogP contribution >= 0.6 is 0 Å². The fraction of sp³-hybridized carbons (Fsp3) is 0.267. The second kappa shape index (κ2) is 15.6. The number of aromatic nitrogens is 4. The first-order valence-corrected chi connectivity index (χ1v) is 22.8. The van der Waals surface area contributed by atoms with Crippen molar-refractivity contribution in [3.63, 3.8) is 0 Å². The Labute approximate surface area is 380 Å². The van der Waals surface area contributed by atoms with Gasteiger partial charge in [0.25, 0.3) is 0 Å². The summed E-state index contributed by atoms with van der Waals surface area (Å²) in [5, 5.41) is 0. The van der Waals surface area contributed by atoms with Crippen LogP contribution in [-0.2, 0) is 21.7 Å². The van der Waals surface area contributed by atoms with Crippen LogP contribution in [0.1, 0.15) is 128 Å². The average Bonchev–Trinajstić information content (AvgIpc) is 4.08. The molecule has 0 aliphatic carbocycles. The van der Waals surface area contributed by atoms with Crippen LogP contribution in [0.5, 0.6) is 0 Å². The molecule has 2 aliphatic rings. The molecule has 0 saturated heterocycles. The molecule has 0 spiro atoms. The van der Waals surface area contributed by atoms with Crippen molar-refractivity contribution in [2.45, 2.75) is 105 Å². The Balaban J connectivity index is 1.54. The molecule has 9 rings (SSSR count). The summed E-state index contributed by atoms with van der Waals surface area (Å²) in [5.41, 5.74) is 21.2. The van der Waals surface area contributed by atoms with Crippen LogP contribution in [0.3, 0.4) is 0 Å². The van der Waals surface area contributed by atoms with Crippen LogP contribution in [0, 0.1) is 0 Å². The van der Waals surface area contributed by atoms with Crippen LogP contribution in [0.4, 0.5) is 0 Å². The first kappa shape index (κ1) is 42.8. The maximum atomic E-state index is 5.69. The maximum absolute atomic E-state index is 5.69. The largest absolute Gasteiger partial charge is 0.354 e. The quantitative estimate of drug-likeness (QED) is 0.185. The highest BCUT2D eigenvalue weighted by atomic mass is 14.8. The Hall–Kier alpha value is -6.52. The molecule has 0 fully saturated rings. The topological polar surface area (TPSA) is 57.4 Å². The lowest BCUT2D eigenvalue weighted by Gasteiger charge is -2.24. The molecule has 4 nitrogen and oxygen atoms in total. The Morgan fingerprint density at radius 2 is 0.484 bits per heavy atom. The van der Waals surface area contributed by atoms with E-state index >= 15 is 0 Å². The molecule has 7 aromatic rings. The Bertz CT molecular complexity index is 2770. The monoisotopic (exact) mass is 838 g/mol. The van der Waals surface area contributed by atoms with Gasteiger partial charge in [-0.1, -0.05) is 180 Å². The zero-order valence-electron chi connectivity index (χ0n) is 39.8. The van der Waals surface area contributed by atoms with Crippen LogP contribution in [-0.4, -0.2) is 19.9 Å². The van der Waals surface area contributed by atoms with E-state index in [2.05, 4.69) is 239 Å². The first-order chi connectivity index (χ1) is 30.3. The van der Waals surface area contributed by atoms with E-state index in [-0.39, 0.29) is 21.7 Å². The van der Waals surface area contributed by atoms with E-state index in [1.165, 1.54) is 22.3 Å². The second-order valence-electron chi connectivity index (χ2n) is 21.7. The molecule has 3 aromatic heterocycles. The minimum absolute atomic E-state index is 0.119. The number of benzene rings is 4. The lowest BCUT2D eigenvalue weighted by atomic mass is 9.81. The number of nitrogens with one attached hydrogen (secondary N) is 2. The molecular weight excluding hydrogens is 777 g/mol. The SMILES string of the molecule is CC(C)(C)c1ccccc1-c1c2nc(c(-c3ccccc3C(C)(C)C)c3ccc([nH]3)c(-c3ccccc3C(C)(C)C)c3nc(c(-c4ccccc4C(C)(C)C)c4ccc1[nH]4)C=C3)C=C2. The number of rotatable bonds is 4. The Morgan fingerprint density at radius 1 is 0.281 bits per heavy atom. The predicted molar refractivity (Wildman–Crippen MR) is 275 cm³/mol. The zero-order valence-corrected chi connectivity index (χ0v) is 39.8. The summed E-state index contributed by atoms with van der Waals surface area (Å²) >= 11 is 0. The van der Waals surface area contributed by atoms with Gasteiger partial charge >= 0.3 is 0 Å². The maximum Gasteiger partial charge on any atom is 0.0737 e. The van der Waals surface area contributed by atoms with Crippen molar-refractivity contribution in [2.24, 2.45) is 0 Å². The molecule has 0 saturated carbocycles. The summed E-state index contributed by atoms with van der Waals surface area (Å²) in [6.07, 6.45) is 8.86. The van der Waals surface area contributed by atoms with Crippen LogP contribution in [0.2, 0.25) is 0 Å². The van der Waals surface area contributed by atoms with Gasteiger partial charge in [0.2, 0.25) is 0 Å². The van der Waals surface area contributed by atoms with Gasteiger partial charge in [0, 0.05) is 44.3 Å². The highest BCUT2D eigenvalue weighted by molar-refractivity contribution is 6.01. The van der Waals surface area contributed by atoms with Gasteiger partial charge < -0.3 is 9.97 Å². The zero-order chi connectivity index (χ0) is 45.3. The van der Waals surface area contributed by atoms with E-state index in [1.54, 1.807) is 0 Å². The molecule has 8 bridgehead atoms. The van der Waals surface area contributed by atoms with Crippen molar-refractivity contribution in [3.8, 4) is 44.5 Å². The molecule has 4 heteroatoms. The van der Waals surface area contributed by atoms with Gasteiger partial charge in [-0.25, -0.2) is 9.97 Å². The van der Waals surface area contributed by atoms with Gasteiger partial charge in [0.15, 0.2) is 0 Å². The van der Waals surface area contributed by atoms with Crippen molar-refractivity contribution >= 4 is 46.4 Å². The van der Waals surface area contributed by atoms with Crippen LogP contribution in [0.15, 0.2) is 121 Å². The molecule has 0 radical (unpaired) electrons. The van der Waals surface area contributed by atoms with E-state index in [1.807, 2.05) is 0 Å². The van der Waals surface area contributed by atoms with Crippen molar-refractivity contribution < 1.29 is 0 Å². The molecule has 0 atom stereocenters. The fourth-order valence-electron chi connectivity index (χ4n) is 9.76. The van der Waals surface area contributed by atoms with Gasteiger partial charge in [-0.3, -0.25) is 0 Å². The highest BCUT2D eigenvalue weighted by Gasteiger charge is 2.28.